The van der Waals surface area contributed by atoms with Crippen molar-refractivity contribution < 1.29 is 4.79 Å². The molecule has 0 saturated heterocycles. The van der Waals surface area contributed by atoms with Crippen molar-refractivity contribution in [3.63, 3.8) is 0 Å². The molecular formula is C22H31N5O3. The Kier molecular flexibility index (Phi) is 10.8. The van der Waals surface area contributed by atoms with Crippen molar-refractivity contribution in [1.29, 1.82) is 0 Å². The molecule has 0 radical (unpaired) electrons. The van der Waals surface area contributed by atoms with E-state index in [9.17, 15) is 14.4 Å². The molecule has 1 amide bonds. The van der Waals surface area contributed by atoms with Crippen molar-refractivity contribution in [2.24, 2.45) is 11.7 Å². The van der Waals surface area contributed by atoms with Gasteiger partial charge in [0.05, 0.1) is 17.4 Å². The van der Waals surface area contributed by atoms with Crippen LogP contribution in [0.2, 0.25) is 0 Å². The third kappa shape index (κ3) is 7.63. The molecule has 3 aromatic rings. The van der Waals surface area contributed by atoms with E-state index in [4.69, 9.17) is 5.73 Å². The average molecular weight is 414 g/mol. The second-order valence-corrected chi connectivity index (χ2v) is 6.58. The lowest BCUT2D eigenvalue weighted by atomic mass is 10.1. The zero-order valence-electron chi connectivity index (χ0n) is 18.0. The molecule has 0 unspecified atom stereocenters. The maximum absolute atomic E-state index is 12.1. The molecule has 0 aliphatic heterocycles. The van der Waals surface area contributed by atoms with Crippen LogP contribution < -0.4 is 22.3 Å². The molecule has 0 aliphatic carbocycles. The highest BCUT2D eigenvalue weighted by atomic mass is 16.2. The van der Waals surface area contributed by atoms with Gasteiger partial charge >= 0.3 is 5.69 Å². The predicted octanol–water partition coefficient (Wildman–Crippen LogP) is 2.74. The molecule has 0 bridgehead atoms. The van der Waals surface area contributed by atoms with Crippen molar-refractivity contribution in [3.8, 4) is 0 Å². The standard InChI is InChI=1S/C13H16N2O2.C7H9N3O.C2H6/c1-9(2)7-8-15-12(16)10-5-3-4-6-11(10)14-13(15)17;8-5-7(11)10-6-3-1-2-4-9-6;1-2/h3-6,9H,7-8H2,1-2H3,(H,14,17);1-4H,5,8H2,(H,9,10,11);1-2H3. The fourth-order valence-electron chi connectivity index (χ4n) is 2.42. The molecule has 4 N–H and O–H groups in total. The molecule has 0 aliphatic rings. The Hall–Kier alpha value is -3.26. The Labute approximate surface area is 176 Å². The van der Waals surface area contributed by atoms with Gasteiger partial charge in [0.1, 0.15) is 5.82 Å². The van der Waals surface area contributed by atoms with Gasteiger partial charge in [0.15, 0.2) is 0 Å². The van der Waals surface area contributed by atoms with Crippen LogP contribution in [0.3, 0.4) is 0 Å². The fraction of sp³-hybridized carbons (Fsp3) is 0.364. The summed E-state index contributed by atoms with van der Waals surface area (Å²) in [6, 6.07) is 12.3. The number of anilines is 1. The van der Waals surface area contributed by atoms with E-state index in [1.54, 1.807) is 48.7 Å². The van der Waals surface area contributed by atoms with Gasteiger partial charge in [-0.2, -0.15) is 0 Å². The van der Waals surface area contributed by atoms with Crippen molar-refractivity contribution in [3.05, 3.63) is 69.5 Å². The quantitative estimate of drug-likeness (QED) is 0.593. The van der Waals surface area contributed by atoms with E-state index in [2.05, 4.69) is 29.1 Å². The molecule has 0 atom stereocenters. The molecule has 162 valence electrons. The highest BCUT2D eigenvalue weighted by Gasteiger charge is 2.07. The van der Waals surface area contributed by atoms with Crippen molar-refractivity contribution in [1.82, 2.24) is 14.5 Å². The third-order valence-corrected chi connectivity index (χ3v) is 3.94. The highest BCUT2D eigenvalue weighted by molar-refractivity contribution is 5.91. The van der Waals surface area contributed by atoms with Gasteiger partial charge in [-0.25, -0.2) is 9.78 Å². The second-order valence-electron chi connectivity index (χ2n) is 6.58. The lowest BCUT2D eigenvalue weighted by Gasteiger charge is -2.07. The number of amides is 1. The van der Waals surface area contributed by atoms with Gasteiger partial charge in [-0.05, 0) is 36.6 Å². The second kappa shape index (κ2) is 13.1. The minimum atomic E-state index is -0.325. The Morgan fingerprint density at radius 3 is 2.40 bits per heavy atom. The lowest BCUT2D eigenvalue weighted by molar-refractivity contribution is -0.114. The average Bonchev–Trinajstić information content (AvgIpc) is 2.76. The first kappa shape index (κ1) is 24.8. The van der Waals surface area contributed by atoms with Crippen molar-refractivity contribution in [2.75, 3.05) is 11.9 Å². The summed E-state index contributed by atoms with van der Waals surface area (Å²) in [5, 5.41) is 3.08. The molecular weight excluding hydrogens is 382 g/mol. The van der Waals surface area contributed by atoms with Gasteiger partial charge < -0.3 is 16.0 Å². The Morgan fingerprint density at radius 2 is 1.80 bits per heavy atom. The molecule has 0 spiro atoms. The molecule has 8 nitrogen and oxygen atoms in total. The normalized spacial score (nSPS) is 9.93. The predicted molar refractivity (Wildman–Crippen MR) is 122 cm³/mol. The van der Waals surface area contributed by atoms with Crippen LogP contribution in [0, 0.1) is 5.92 Å². The van der Waals surface area contributed by atoms with Crippen molar-refractivity contribution >= 4 is 22.6 Å². The van der Waals surface area contributed by atoms with Gasteiger partial charge in [-0.1, -0.05) is 45.9 Å². The first-order valence-electron chi connectivity index (χ1n) is 10.0. The summed E-state index contributed by atoms with van der Waals surface area (Å²) in [7, 11) is 0. The van der Waals surface area contributed by atoms with Crippen LogP contribution in [0.1, 0.15) is 34.1 Å². The van der Waals surface area contributed by atoms with E-state index in [1.165, 1.54) is 4.57 Å². The number of rotatable bonds is 5. The van der Waals surface area contributed by atoms with E-state index in [-0.39, 0.29) is 23.7 Å². The minimum absolute atomic E-state index is 0.0173. The maximum Gasteiger partial charge on any atom is 0.328 e. The van der Waals surface area contributed by atoms with E-state index < -0.39 is 0 Å². The van der Waals surface area contributed by atoms with E-state index in [0.29, 0.717) is 29.2 Å². The number of hydrogen-bond acceptors (Lipinski definition) is 5. The highest BCUT2D eigenvalue weighted by Crippen LogP contribution is 2.04. The first-order valence-corrected chi connectivity index (χ1v) is 10.0. The summed E-state index contributed by atoms with van der Waals surface area (Å²) >= 11 is 0. The Morgan fingerprint density at radius 1 is 1.13 bits per heavy atom. The summed E-state index contributed by atoms with van der Waals surface area (Å²) in [5.74, 6) is 0.763. The summed E-state index contributed by atoms with van der Waals surface area (Å²) in [6.07, 6.45) is 2.42. The monoisotopic (exact) mass is 413 g/mol. The molecule has 30 heavy (non-hydrogen) atoms. The van der Waals surface area contributed by atoms with Crippen molar-refractivity contribution in [2.45, 2.75) is 40.7 Å². The minimum Gasteiger partial charge on any atom is -0.322 e. The molecule has 0 fully saturated rings. The summed E-state index contributed by atoms with van der Waals surface area (Å²) in [5.41, 5.74) is 5.15. The number of pyridine rings is 1. The van der Waals surface area contributed by atoms with E-state index in [1.807, 2.05) is 13.8 Å². The molecule has 2 heterocycles. The third-order valence-electron chi connectivity index (χ3n) is 3.94. The molecule has 8 heteroatoms. The van der Waals surface area contributed by atoms with Crippen LogP contribution in [-0.4, -0.2) is 27.0 Å². The van der Waals surface area contributed by atoms with E-state index in [0.717, 1.165) is 6.42 Å². The Bertz CT molecular complexity index is 1030. The summed E-state index contributed by atoms with van der Waals surface area (Å²) < 4.78 is 1.28. The maximum atomic E-state index is 12.1. The van der Waals surface area contributed by atoms with Gasteiger partial charge in [-0.3, -0.25) is 14.2 Å². The number of aromatic amines is 1. The number of carbonyl (C=O) groups excluding carboxylic acids is 1. The first-order chi connectivity index (χ1) is 14.4. The lowest BCUT2D eigenvalue weighted by Crippen LogP contribution is -2.35. The van der Waals surface area contributed by atoms with Gasteiger partial charge in [0.2, 0.25) is 5.91 Å². The number of para-hydroxylation sites is 1. The van der Waals surface area contributed by atoms with Crippen LogP contribution in [0.25, 0.3) is 10.9 Å². The number of carbonyl (C=O) groups is 1. The number of aromatic nitrogens is 3. The molecule has 2 aromatic heterocycles. The van der Waals surface area contributed by atoms with Gasteiger partial charge in [0.25, 0.3) is 5.56 Å². The number of H-pyrrole nitrogens is 1. The number of fused-ring (bicyclic) bond motifs is 1. The molecule has 3 rings (SSSR count). The SMILES string of the molecule is CC.CC(C)CCn1c(=O)[nH]c2ccccc2c1=O.NCC(=O)Nc1ccccn1. The summed E-state index contributed by atoms with van der Waals surface area (Å²) in [4.78, 5) is 41.2. The number of nitrogens with one attached hydrogen (secondary N) is 2. The van der Waals surface area contributed by atoms with Crippen LogP contribution in [0.15, 0.2) is 58.3 Å². The Balaban J connectivity index is 0.000000300. The number of nitrogens with zero attached hydrogens (tertiary/aromatic N) is 2. The summed E-state index contributed by atoms with van der Waals surface area (Å²) in [6.45, 7) is 8.59. The zero-order valence-corrected chi connectivity index (χ0v) is 18.0. The van der Waals surface area contributed by atoms with Gasteiger partial charge in [-0.15, -0.1) is 0 Å². The van der Waals surface area contributed by atoms with Crippen LogP contribution in [0.4, 0.5) is 5.82 Å². The number of benzene rings is 1. The molecule has 1 aromatic carbocycles. The van der Waals surface area contributed by atoms with Crippen LogP contribution in [-0.2, 0) is 11.3 Å². The molecule has 0 saturated carbocycles. The van der Waals surface area contributed by atoms with Crippen LogP contribution in [0.5, 0.6) is 0 Å². The van der Waals surface area contributed by atoms with Gasteiger partial charge in [0, 0.05) is 12.7 Å². The number of hydrogen-bond donors (Lipinski definition) is 3. The largest absolute Gasteiger partial charge is 0.328 e. The zero-order chi connectivity index (χ0) is 22.5. The van der Waals surface area contributed by atoms with Crippen LogP contribution >= 0.6 is 0 Å². The van der Waals surface area contributed by atoms with E-state index >= 15 is 0 Å². The number of nitrogens with two attached hydrogens (primary N) is 1. The fourth-order valence-corrected chi connectivity index (χ4v) is 2.42. The topological polar surface area (TPSA) is 123 Å². The smallest absolute Gasteiger partial charge is 0.322 e.